The maximum absolute atomic E-state index is 12.7. The molecular weight excluding hydrogens is 924 g/mol. The van der Waals surface area contributed by atoms with Crippen molar-refractivity contribution in [2.75, 3.05) is 34.5 Å². The van der Waals surface area contributed by atoms with Crippen LogP contribution in [-0.2, 0) is 33.2 Å². The van der Waals surface area contributed by atoms with Crippen LogP contribution in [0.5, 0.6) is 46.0 Å². The second-order valence-electron chi connectivity index (χ2n) is 16.4. The zero-order chi connectivity index (χ0) is 50.0. The van der Waals surface area contributed by atoms with E-state index in [1.165, 1.54) is 76.8 Å². The van der Waals surface area contributed by atoms with Crippen molar-refractivity contribution in [2.24, 2.45) is 0 Å². The van der Waals surface area contributed by atoms with Gasteiger partial charge in [-0.05, 0) is 42.8 Å². The summed E-state index contributed by atoms with van der Waals surface area (Å²) < 4.78 is 61.0. The molecule has 3 aromatic carbocycles. The van der Waals surface area contributed by atoms with E-state index in [1.807, 2.05) is 0 Å². The van der Waals surface area contributed by atoms with Gasteiger partial charge in [-0.2, -0.15) is 0 Å². The first-order valence-electron chi connectivity index (χ1n) is 21.3. The summed E-state index contributed by atoms with van der Waals surface area (Å²) in [4.78, 5) is 12.7. The predicted octanol–water partition coefficient (Wildman–Crippen LogP) is -1.72. The SMILES string of the molecule is COc1cc(/C=C/C(=O)O[C@@H]2[C@@H](O)[C@@H](O)[C@H](OC[C@H]3O[C@@H](OC4=Cc5c(O[C@@H]6O[C@H](CO)[C@@H](O)[C@H](O)[C@H]6O)cc(O)cc5[OH+]C4c4cc(OC)c(O)c(OC)c4)[C@H](O)[C@@H](O)[C@@H]3O)O[C@H]2C)ccc1O. The van der Waals surface area contributed by atoms with Crippen LogP contribution in [0.2, 0.25) is 0 Å². The van der Waals surface area contributed by atoms with Crippen LogP contribution >= 0.6 is 0 Å². The standard InChI is InChI=1S/C45H54O24/c1-17-41(69-31(49)8-6-18-5-7-22(48)25(9-18)59-2)37(55)40(58)43(63-17)62-16-30-34(52)36(54)39(57)45(68-30)66-28-14-21-23(64-42(28)19-10-26(60-3)32(50)27(11-19)61-4)12-20(47)13-24(21)65-44-38(56)35(53)33(51)29(15-46)67-44/h5-14,17,29-30,33-48,50-58H,15-16H2,1-4H3/p+1/b8-6+/t17-,29+,30+,33+,34+,35-,36-,37-,38+,39+,40+,41-,42?,43+,44+,45+/m0/s1. The normalized spacial score (nSPS) is 33.4. The van der Waals surface area contributed by atoms with Crippen LogP contribution in [0.3, 0.4) is 0 Å². The molecule has 4 aliphatic rings. The number of aromatic hydroxyl groups is 4. The number of hydrogen-bond acceptors (Lipinski definition) is 23. The second-order valence-corrected chi connectivity index (χ2v) is 16.4. The topological polar surface area (TPSA) is 365 Å². The molecule has 0 amide bonds. The number of fused-ring (bicyclic) bond motifs is 1. The lowest BCUT2D eigenvalue weighted by atomic mass is 9.97. The molecule has 16 atom stereocenters. The van der Waals surface area contributed by atoms with Crippen LogP contribution in [-0.4, -0.2) is 199 Å². The summed E-state index contributed by atoms with van der Waals surface area (Å²) >= 11 is 0. The van der Waals surface area contributed by atoms with Gasteiger partial charge in [-0.3, -0.25) is 0 Å². The lowest BCUT2D eigenvalue weighted by Crippen LogP contribution is -2.61. The monoisotopic (exact) mass is 979 g/mol. The molecule has 378 valence electrons. The highest BCUT2D eigenvalue weighted by Gasteiger charge is 2.50. The smallest absolute Gasteiger partial charge is 0.331 e. The number of esters is 1. The molecule has 4 aliphatic heterocycles. The van der Waals surface area contributed by atoms with Crippen molar-refractivity contribution in [3.05, 3.63) is 71.0 Å². The highest BCUT2D eigenvalue weighted by molar-refractivity contribution is 5.87. The quantitative estimate of drug-likeness (QED) is 0.0458. The molecule has 3 saturated heterocycles. The van der Waals surface area contributed by atoms with Gasteiger partial charge in [0.15, 0.2) is 41.2 Å². The highest BCUT2D eigenvalue weighted by atomic mass is 16.7. The van der Waals surface area contributed by atoms with Gasteiger partial charge >= 0.3 is 5.97 Å². The zero-order valence-electron chi connectivity index (χ0n) is 37.2. The van der Waals surface area contributed by atoms with E-state index >= 15 is 0 Å². The molecule has 24 nitrogen and oxygen atoms in total. The minimum atomic E-state index is -1.97. The first-order chi connectivity index (χ1) is 32.9. The van der Waals surface area contributed by atoms with Crippen molar-refractivity contribution in [2.45, 2.75) is 105 Å². The average molecular weight is 980 g/mol. The van der Waals surface area contributed by atoms with Crippen LogP contribution in [0, 0.1) is 0 Å². The number of phenolic OH excluding ortho intramolecular Hbond substituents is 3. The van der Waals surface area contributed by atoms with Gasteiger partial charge in [-0.15, -0.1) is 0 Å². The van der Waals surface area contributed by atoms with Gasteiger partial charge in [0.2, 0.25) is 18.3 Å². The molecule has 4 heterocycles. The van der Waals surface area contributed by atoms with E-state index in [9.17, 15) is 66.1 Å². The Morgan fingerprint density at radius 2 is 1.29 bits per heavy atom. The minimum absolute atomic E-state index is 0.0378. The molecule has 13 N–H and O–H groups in total. The van der Waals surface area contributed by atoms with Gasteiger partial charge in [-0.25, -0.2) is 4.79 Å². The van der Waals surface area contributed by atoms with Gasteiger partial charge in [0.1, 0.15) is 78.1 Å². The maximum atomic E-state index is 12.7. The number of aliphatic hydroxyl groups is 10. The Kier molecular flexibility index (Phi) is 15.9. The first-order valence-corrected chi connectivity index (χ1v) is 21.3. The molecule has 0 saturated carbocycles. The summed E-state index contributed by atoms with van der Waals surface area (Å²) in [5, 5.41) is 128. The van der Waals surface area contributed by atoms with E-state index in [0.29, 0.717) is 5.56 Å². The van der Waals surface area contributed by atoms with Crippen LogP contribution in [0.15, 0.2) is 54.3 Å². The molecule has 7 rings (SSSR count). The molecule has 69 heavy (non-hydrogen) atoms. The zero-order valence-corrected chi connectivity index (χ0v) is 37.2. The number of hydrogen-bond donors (Lipinski definition) is 12. The summed E-state index contributed by atoms with van der Waals surface area (Å²) in [6, 6.07) is 9.47. The van der Waals surface area contributed by atoms with Crippen molar-refractivity contribution in [1.29, 1.82) is 0 Å². The Morgan fingerprint density at radius 3 is 1.93 bits per heavy atom. The number of aliphatic hydroxyl groups excluding tert-OH is 9. The molecule has 0 bridgehead atoms. The summed E-state index contributed by atoms with van der Waals surface area (Å²) in [6.45, 7) is 0.0143. The molecule has 3 aromatic rings. The fourth-order valence-electron chi connectivity index (χ4n) is 7.99. The van der Waals surface area contributed by atoms with E-state index in [1.54, 1.807) is 0 Å². The number of ether oxygens (including phenoxy) is 11. The second kappa shape index (κ2) is 21.5. The predicted molar refractivity (Wildman–Crippen MR) is 230 cm³/mol. The Hall–Kier alpha value is -5.71. The van der Waals surface area contributed by atoms with Crippen LogP contribution in [0.4, 0.5) is 0 Å². The van der Waals surface area contributed by atoms with Crippen LogP contribution < -0.4 is 18.9 Å². The Bertz CT molecular complexity index is 2310. The third-order valence-electron chi connectivity index (χ3n) is 11.8. The Morgan fingerprint density at radius 1 is 0.681 bits per heavy atom. The lowest BCUT2D eigenvalue weighted by Gasteiger charge is -2.43. The molecule has 0 aliphatic carbocycles. The summed E-state index contributed by atoms with van der Waals surface area (Å²) in [7, 11) is 3.92. The van der Waals surface area contributed by atoms with Gasteiger partial charge in [0.25, 0.3) is 11.9 Å². The third kappa shape index (κ3) is 10.7. The van der Waals surface area contributed by atoms with Crippen molar-refractivity contribution in [3.63, 3.8) is 0 Å². The van der Waals surface area contributed by atoms with E-state index in [2.05, 4.69) is 0 Å². The fraction of sp³-hybridized carbons (Fsp3) is 0.489. The molecular formula is C45H55O24+. The summed E-state index contributed by atoms with van der Waals surface area (Å²) in [6.07, 6.45) is -22.7. The molecule has 0 radical (unpaired) electrons. The first kappa shape index (κ1) is 51.1. The van der Waals surface area contributed by atoms with Crippen molar-refractivity contribution in [1.82, 2.24) is 0 Å². The Balaban J connectivity index is 1.11. The number of benzene rings is 3. The number of carbonyl (C=O) groups excluding carboxylic acids is 1. The largest absolute Gasteiger partial charge is 0.571 e. The highest BCUT2D eigenvalue weighted by Crippen LogP contribution is 2.49. The maximum Gasteiger partial charge on any atom is 0.331 e. The molecule has 24 heteroatoms. The van der Waals surface area contributed by atoms with Gasteiger partial charge in [0.05, 0.1) is 52.3 Å². The van der Waals surface area contributed by atoms with Crippen LogP contribution in [0.25, 0.3) is 12.2 Å². The van der Waals surface area contributed by atoms with Crippen molar-refractivity contribution < 1.29 is 118 Å². The summed E-state index contributed by atoms with van der Waals surface area (Å²) in [5.41, 5.74) is 0.761. The summed E-state index contributed by atoms with van der Waals surface area (Å²) in [5.74, 6) is -2.09. The van der Waals surface area contributed by atoms with E-state index < -0.39 is 123 Å². The fourth-order valence-corrected chi connectivity index (χ4v) is 7.99. The lowest BCUT2D eigenvalue weighted by molar-refractivity contribution is -0.325. The van der Waals surface area contributed by atoms with Crippen molar-refractivity contribution in [3.8, 4) is 46.0 Å². The van der Waals surface area contributed by atoms with Crippen LogP contribution in [0.1, 0.15) is 29.7 Å². The molecule has 1 unspecified atom stereocenters. The van der Waals surface area contributed by atoms with Gasteiger partial charge in [0, 0.05) is 18.2 Å². The van der Waals surface area contributed by atoms with E-state index in [4.69, 9.17) is 52.1 Å². The molecule has 0 aromatic heterocycles. The Labute approximate surface area is 392 Å². The average Bonchev–Trinajstić information content (AvgIpc) is 3.33. The van der Waals surface area contributed by atoms with Crippen molar-refractivity contribution >= 4 is 18.1 Å². The number of rotatable bonds is 15. The number of methoxy groups -OCH3 is 3. The third-order valence-corrected chi connectivity index (χ3v) is 11.8. The van der Waals surface area contributed by atoms with E-state index in [-0.39, 0.29) is 57.1 Å². The molecule has 3 fully saturated rings. The molecule has 0 spiro atoms. The number of carbonyl (C=O) groups is 1. The minimum Gasteiger partial charge on any atom is -0.571 e. The number of phenols is 3. The van der Waals surface area contributed by atoms with E-state index in [0.717, 1.165) is 12.1 Å². The van der Waals surface area contributed by atoms with Gasteiger partial charge in [-0.1, -0.05) is 6.07 Å². The van der Waals surface area contributed by atoms with Gasteiger partial charge < -0.3 is 113 Å².